The van der Waals surface area contributed by atoms with Gasteiger partial charge in [0.15, 0.2) is 0 Å². The van der Waals surface area contributed by atoms with Crippen molar-refractivity contribution in [2.45, 2.75) is 26.7 Å². The van der Waals surface area contributed by atoms with E-state index < -0.39 is 0 Å². The zero-order chi connectivity index (χ0) is 12.7. The minimum absolute atomic E-state index is 0.117. The highest BCUT2D eigenvalue weighted by molar-refractivity contribution is 5.93. The summed E-state index contributed by atoms with van der Waals surface area (Å²) in [6.07, 6.45) is 0.263. The summed E-state index contributed by atoms with van der Waals surface area (Å²) in [7, 11) is 0. The van der Waals surface area contributed by atoms with Gasteiger partial charge in [0.1, 0.15) is 0 Å². The molecule has 4 nitrogen and oxygen atoms in total. The second-order valence-electron chi connectivity index (χ2n) is 3.67. The zero-order valence-corrected chi connectivity index (χ0v) is 10.2. The van der Waals surface area contributed by atoms with E-state index in [9.17, 15) is 9.59 Å². The van der Waals surface area contributed by atoms with Gasteiger partial charge in [-0.25, -0.2) is 0 Å². The fraction of sp³-hybridized carbons (Fsp3) is 0.385. The monoisotopic (exact) mass is 235 g/mol. The summed E-state index contributed by atoms with van der Waals surface area (Å²) in [4.78, 5) is 22.6. The van der Waals surface area contributed by atoms with Gasteiger partial charge in [0.25, 0.3) is 0 Å². The maximum absolute atomic E-state index is 11.6. The molecular formula is C13H17NO3. The molecule has 0 radical (unpaired) electrons. The number of para-hydroxylation sites is 1. The largest absolute Gasteiger partial charge is 0.466 e. The molecule has 0 heterocycles. The Balaban J connectivity index is 2.40. The molecule has 0 aliphatic heterocycles. The topological polar surface area (TPSA) is 55.4 Å². The third-order valence-electron chi connectivity index (χ3n) is 2.28. The summed E-state index contributed by atoms with van der Waals surface area (Å²) in [5.41, 5.74) is 1.78. The molecule has 0 saturated heterocycles. The normalized spacial score (nSPS) is 9.76. The molecule has 1 aromatic carbocycles. The Morgan fingerprint density at radius 3 is 2.59 bits per heavy atom. The van der Waals surface area contributed by atoms with Crippen molar-refractivity contribution in [1.82, 2.24) is 0 Å². The van der Waals surface area contributed by atoms with Crippen molar-refractivity contribution in [2.75, 3.05) is 11.9 Å². The number of rotatable bonds is 5. The lowest BCUT2D eigenvalue weighted by Gasteiger charge is -2.07. The molecule has 0 atom stereocenters. The summed E-state index contributed by atoms with van der Waals surface area (Å²) < 4.78 is 4.75. The molecule has 1 aromatic rings. The molecule has 92 valence electrons. The molecule has 4 heteroatoms. The third kappa shape index (κ3) is 4.68. The van der Waals surface area contributed by atoms with Gasteiger partial charge >= 0.3 is 5.97 Å². The van der Waals surface area contributed by atoms with E-state index in [0.717, 1.165) is 11.3 Å². The highest BCUT2D eigenvalue weighted by Gasteiger charge is 2.08. The van der Waals surface area contributed by atoms with Crippen LogP contribution in [0.25, 0.3) is 0 Å². The van der Waals surface area contributed by atoms with Crippen LogP contribution in [0.1, 0.15) is 25.3 Å². The number of benzene rings is 1. The molecule has 0 fully saturated rings. The first-order valence-electron chi connectivity index (χ1n) is 5.64. The van der Waals surface area contributed by atoms with Gasteiger partial charge in [-0.1, -0.05) is 18.2 Å². The van der Waals surface area contributed by atoms with Gasteiger partial charge in [0.2, 0.25) is 5.91 Å². The number of aryl methyl sites for hydroxylation is 1. The minimum atomic E-state index is -0.340. The Hall–Kier alpha value is -1.84. The predicted octanol–water partition coefficient (Wildman–Crippen LogP) is 2.28. The molecule has 0 aromatic heterocycles. The molecule has 1 amide bonds. The third-order valence-corrected chi connectivity index (χ3v) is 2.28. The van der Waals surface area contributed by atoms with Gasteiger partial charge in [-0.2, -0.15) is 0 Å². The Morgan fingerprint density at radius 2 is 1.94 bits per heavy atom. The van der Waals surface area contributed by atoms with E-state index in [1.165, 1.54) is 0 Å². The maximum Gasteiger partial charge on any atom is 0.306 e. The highest BCUT2D eigenvalue weighted by Crippen LogP contribution is 2.13. The number of carbonyl (C=O) groups excluding carboxylic acids is 2. The summed E-state index contributed by atoms with van der Waals surface area (Å²) in [5.74, 6) is -0.514. The fourth-order valence-corrected chi connectivity index (χ4v) is 1.37. The second-order valence-corrected chi connectivity index (χ2v) is 3.67. The first-order chi connectivity index (χ1) is 8.13. The van der Waals surface area contributed by atoms with Crippen LogP contribution in [0.4, 0.5) is 5.69 Å². The maximum atomic E-state index is 11.6. The summed E-state index contributed by atoms with van der Waals surface area (Å²) in [6.45, 7) is 4.00. The van der Waals surface area contributed by atoms with Crippen molar-refractivity contribution in [2.24, 2.45) is 0 Å². The molecule has 0 bridgehead atoms. The van der Waals surface area contributed by atoms with Crippen LogP contribution in [0.3, 0.4) is 0 Å². The van der Waals surface area contributed by atoms with Crippen molar-refractivity contribution >= 4 is 17.6 Å². The zero-order valence-electron chi connectivity index (χ0n) is 10.2. The highest BCUT2D eigenvalue weighted by atomic mass is 16.5. The number of hydrogen-bond acceptors (Lipinski definition) is 3. The standard InChI is InChI=1S/C13H17NO3/c1-3-17-13(16)9-8-12(15)14-11-7-5-4-6-10(11)2/h4-7H,3,8-9H2,1-2H3,(H,14,15). The number of anilines is 1. The Labute approximate surface area is 101 Å². The number of esters is 1. The van der Waals surface area contributed by atoms with Crippen molar-refractivity contribution < 1.29 is 14.3 Å². The van der Waals surface area contributed by atoms with E-state index >= 15 is 0 Å². The molecule has 0 unspecified atom stereocenters. The van der Waals surface area contributed by atoms with Gasteiger partial charge in [-0.3, -0.25) is 9.59 Å². The van der Waals surface area contributed by atoms with Crippen molar-refractivity contribution in [3.63, 3.8) is 0 Å². The van der Waals surface area contributed by atoms with Crippen LogP contribution < -0.4 is 5.32 Å². The number of amides is 1. The van der Waals surface area contributed by atoms with Crippen molar-refractivity contribution in [3.8, 4) is 0 Å². The van der Waals surface area contributed by atoms with Crippen molar-refractivity contribution in [1.29, 1.82) is 0 Å². The Kier molecular flexibility index (Phi) is 5.20. The number of ether oxygens (including phenoxy) is 1. The van der Waals surface area contributed by atoms with Crippen LogP contribution in [0.5, 0.6) is 0 Å². The smallest absolute Gasteiger partial charge is 0.306 e. The average molecular weight is 235 g/mol. The summed E-state index contributed by atoms with van der Waals surface area (Å²) >= 11 is 0. The van der Waals surface area contributed by atoms with E-state index in [2.05, 4.69) is 5.32 Å². The fourth-order valence-electron chi connectivity index (χ4n) is 1.37. The lowest BCUT2D eigenvalue weighted by molar-refractivity contribution is -0.144. The first-order valence-corrected chi connectivity index (χ1v) is 5.64. The summed E-state index contributed by atoms with van der Waals surface area (Å²) in [6, 6.07) is 7.51. The first kappa shape index (κ1) is 13.2. The molecule has 1 rings (SSSR count). The van der Waals surface area contributed by atoms with Gasteiger partial charge in [0, 0.05) is 12.1 Å². The Morgan fingerprint density at radius 1 is 1.24 bits per heavy atom. The van der Waals surface area contributed by atoms with Crippen LogP contribution in [0.2, 0.25) is 0 Å². The van der Waals surface area contributed by atoms with Crippen molar-refractivity contribution in [3.05, 3.63) is 29.8 Å². The van der Waals surface area contributed by atoms with Gasteiger partial charge in [-0.15, -0.1) is 0 Å². The second kappa shape index (κ2) is 6.68. The molecule has 1 N–H and O–H groups in total. The van der Waals surface area contributed by atoms with Crippen LogP contribution in [-0.4, -0.2) is 18.5 Å². The van der Waals surface area contributed by atoms with Crippen LogP contribution in [0, 0.1) is 6.92 Å². The van der Waals surface area contributed by atoms with Crippen LogP contribution >= 0.6 is 0 Å². The lowest BCUT2D eigenvalue weighted by atomic mass is 10.2. The number of nitrogens with one attached hydrogen (secondary N) is 1. The number of hydrogen-bond donors (Lipinski definition) is 1. The van der Waals surface area contributed by atoms with E-state index in [1.54, 1.807) is 6.92 Å². The SMILES string of the molecule is CCOC(=O)CCC(=O)Nc1ccccc1C. The Bertz CT molecular complexity index is 401. The molecular weight excluding hydrogens is 218 g/mol. The lowest BCUT2D eigenvalue weighted by Crippen LogP contribution is -2.15. The molecule has 0 spiro atoms. The van der Waals surface area contributed by atoms with Crippen LogP contribution in [0.15, 0.2) is 24.3 Å². The quantitative estimate of drug-likeness (QED) is 0.796. The van der Waals surface area contributed by atoms with Gasteiger partial charge < -0.3 is 10.1 Å². The van der Waals surface area contributed by atoms with E-state index in [4.69, 9.17) is 4.74 Å². The van der Waals surface area contributed by atoms with E-state index in [0.29, 0.717) is 6.61 Å². The van der Waals surface area contributed by atoms with Gasteiger partial charge in [-0.05, 0) is 25.5 Å². The molecule has 0 saturated carbocycles. The van der Waals surface area contributed by atoms with Gasteiger partial charge in [0.05, 0.1) is 13.0 Å². The minimum Gasteiger partial charge on any atom is -0.466 e. The van der Waals surface area contributed by atoms with Crippen LogP contribution in [-0.2, 0) is 14.3 Å². The summed E-state index contributed by atoms with van der Waals surface area (Å²) in [5, 5.41) is 2.76. The molecule has 0 aliphatic carbocycles. The van der Waals surface area contributed by atoms with E-state index in [-0.39, 0.29) is 24.7 Å². The average Bonchev–Trinajstić information content (AvgIpc) is 2.30. The molecule has 17 heavy (non-hydrogen) atoms. The number of carbonyl (C=O) groups is 2. The molecule has 0 aliphatic rings. The predicted molar refractivity (Wildman–Crippen MR) is 65.7 cm³/mol. The van der Waals surface area contributed by atoms with E-state index in [1.807, 2.05) is 31.2 Å².